The van der Waals surface area contributed by atoms with Crippen LogP contribution in [0.5, 0.6) is 0 Å². The number of hydrogen-bond donors (Lipinski definition) is 1. The average molecular weight is 509 g/mol. The standard InChI is InChI=1S/C26H29FN6O4/c27-19-6-7-22(28-10-19)29-23(34)13-32-21(26(36)31-11-17-14-37-15-18(17)12-31)9-25(35)33-24(32)8-20(30-33)16-4-2-1-3-5-16/h6-10,16-18H,1-5,11-15H2,(H,28,29,34). The fourth-order valence-corrected chi connectivity index (χ4v) is 5.85. The summed E-state index contributed by atoms with van der Waals surface area (Å²) < 4.78 is 21.6. The first-order chi connectivity index (χ1) is 18.0. The van der Waals surface area contributed by atoms with Crippen molar-refractivity contribution in [2.24, 2.45) is 11.8 Å². The molecule has 194 valence electrons. The van der Waals surface area contributed by atoms with Crippen LogP contribution in [0.4, 0.5) is 10.2 Å². The molecule has 2 amide bonds. The molecular weight excluding hydrogens is 479 g/mol. The molecule has 37 heavy (non-hydrogen) atoms. The molecule has 0 radical (unpaired) electrons. The molecule has 6 rings (SSSR count). The molecule has 2 atom stereocenters. The van der Waals surface area contributed by atoms with E-state index in [4.69, 9.17) is 4.74 Å². The van der Waals surface area contributed by atoms with Gasteiger partial charge in [0.25, 0.3) is 11.5 Å². The van der Waals surface area contributed by atoms with Crippen LogP contribution in [0.15, 0.2) is 35.3 Å². The minimum atomic E-state index is -0.511. The molecule has 10 nitrogen and oxygen atoms in total. The fraction of sp³-hybridized carbons (Fsp3) is 0.500. The van der Waals surface area contributed by atoms with Crippen molar-refractivity contribution in [1.82, 2.24) is 24.1 Å². The van der Waals surface area contributed by atoms with Crippen molar-refractivity contribution in [2.45, 2.75) is 44.6 Å². The zero-order chi connectivity index (χ0) is 25.5. The monoisotopic (exact) mass is 508 g/mol. The van der Waals surface area contributed by atoms with E-state index < -0.39 is 17.3 Å². The minimum Gasteiger partial charge on any atom is -0.381 e. The van der Waals surface area contributed by atoms with Crippen LogP contribution in [0, 0.1) is 17.7 Å². The molecule has 3 aliphatic rings. The van der Waals surface area contributed by atoms with Crippen LogP contribution in [0.1, 0.15) is 54.2 Å². The van der Waals surface area contributed by atoms with Crippen molar-refractivity contribution >= 4 is 23.3 Å². The smallest absolute Gasteiger partial charge is 0.275 e. The van der Waals surface area contributed by atoms with Gasteiger partial charge in [-0.15, -0.1) is 0 Å². The summed E-state index contributed by atoms with van der Waals surface area (Å²) in [5, 5.41) is 7.25. The van der Waals surface area contributed by atoms with E-state index in [0.29, 0.717) is 32.0 Å². The Morgan fingerprint density at radius 3 is 2.54 bits per heavy atom. The number of amides is 2. The van der Waals surface area contributed by atoms with Gasteiger partial charge in [-0.2, -0.15) is 9.61 Å². The normalized spacial score (nSPS) is 21.9. The van der Waals surface area contributed by atoms with E-state index in [1.807, 2.05) is 6.07 Å². The van der Waals surface area contributed by atoms with Crippen LogP contribution in [0.25, 0.3) is 5.65 Å². The third-order valence-corrected chi connectivity index (χ3v) is 7.81. The highest BCUT2D eigenvalue weighted by atomic mass is 19.1. The highest BCUT2D eigenvalue weighted by Crippen LogP contribution is 2.33. The van der Waals surface area contributed by atoms with E-state index in [9.17, 15) is 18.8 Å². The van der Waals surface area contributed by atoms with Crippen LogP contribution < -0.4 is 10.9 Å². The summed E-state index contributed by atoms with van der Waals surface area (Å²) in [5.74, 6) is -0.241. The zero-order valence-electron chi connectivity index (χ0n) is 20.4. The highest BCUT2D eigenvalue weighted by molar-refractivity contribution is 5.95. The molecule has 11 heteroatoms. The van der Waals surface area contributed by atoms with E-state index in [1.54, 1.807) is 9.47 Å². The lowest BCUT2D eigenvalue weighted by Gasteiger charge is -2.21. The maximum Gasteiger partial charge on any atom is 0.275 e. The van der Waals surface area contributed by atoms with Crippen LogP contribution in [-0.2, 0) is 16.1 Å². The Labute approximate surface area is 212 Å². The van der Waals surface area contributed by atoms with Gasteiger partial charge in [-0.05, 0) is 25.0 Å². The number of fused-ring (bicyclic) bond motifs is 2. The first kappa shape index (κ1) is 23.8. The maximum absolute atomic E-state index is 13.7. The van der Waals surface area contributed by atoms with Crippen LogP contribution in [-0.4, -0.2) is 62.2 Å². The SMILES string of the molecule is O=C(Cn1c(C(=O)N2CC3COCC3C2)cc(=O)n2nc(C3CCCCC3)cc12)Nc1ccc(F)cn1. The number of likely N-dealkylation sites (tertiary alicyclic amines) is 1. The molecule has 2 saturated heterocycles. The van der Waals surface area contributed by atoms with Crippen molar-refractivity contribution in [1.29, 1.82) is 0 Å². The second-order valence-corrected chi connectivity index (χ2v) is 10.3. The molecule has 0 aromatic carbocycles. The quantitative estimate of drug-likeness (QED) is 0.567. The molecule has 0 bridgehead atoms. The van der Waals surface area contributed by atoms with Crippen molar-refractivity contribution in [2.75, 3.05) is 31.6 Å². The summed E-state index contributed by atoms with van der Waals surface area (Å²) in [4.78, 5) is 45.5. The van der Waals surface area contributed by atoms with E-state index >= 15 is 0 Å². The third kappa shape index (κ3) is 4.63. The summed E-state index contributed by atoms with van der Waals surface area (Å²) in [7, 11) is 0. The lowest BCUT2D eigenvalue weighted by atomic mass is 9.87. The Balaban J connectivity index is 1.37. The van der Waals surface area contributed by atoms with Gasteiger partial charge in [0.2, 0.25) is 5.91 Å². The number of hydrogen-bond acceptors (Lipinski definition) is 6. The second kappa shape index (κ2) is 9.70. The molecule has 2 unspecified atom stereocenters. The van der Waals surface area contributed by atoms with Gasteiger partial charge in [-0.1, -0.05) is 19.3 Å². The summed E-state index contributed by atoms with van der Waals surface area (Å²) >= 11 is 0. The van der Waals surface area contributed by atoms with E-state index in [-0.39, 0.29) is 41.7 Å². The van der Waals surface area contributed by atoms with Crippen molar-refractivity contribution < 1.29 is 18.7 Å². The predicted molar refractivity (Wildman–Crippen MR) is 132 cm³/mol. The zero-order valence-corrected chi connectivity index (χ0v) is 20.4. The van der Waals surface area contributed by atoms with E-state index in [2.05, 4.69) is 15.4 Å². The Morgan fingerprint density at radius 1 is 1.08 bits per heavy atom. The number of anilines is 1. The molecular formula is C26H29FN6O4. The number of rotatable bonds is 5. The molecule has 3 aromatic rings. The maximum atomic E-state index is 13.7. The largest absolute Gasteiger partial charge is 0.381 e. The van der Waals surface area contributed by atoms with Gasteiger partial charge in [0.1, 0.15) is 29.5 Å². The molecule has 1 N–H and O–H groups in total. The van der Waals surface area contributed by atoms with Crippen LogP contribution in [0.2, 0.25) is 0 Å². The average Bonchev–Trinajstić information content (AvgIpc) is 3.63. The van der Waals surface area contributed by atoms with Gasteiger partial charge in [0, 0.05) is 43.0 Å². The Bertz CT molecular complexity index is 1380. The van der Waals surface area contributed by atoms with Gasteiger partial charge in [-0.25, -0.2) is 9.37 Å². The first-order valence-corrected chi connectivity index (χ1v) is 12.9. The van der Waals surface area contributed by atoms with E-state index in [0.717, 1.165) is 37.6 Å². The number of halogens is 1. The number of carbonyl (C=O) groups is 2. The number of nitrogens with zero attached hydrogens (tertiary/aromatic N) is 5. The number of carbonyl (C=O) groups excluding carboxylic acids is 2. The van der Waals surface area contributed by atoms with Gasteiger partial charge >= 0.3 is 0 Å². The number of ether oxygens (including phenoxy) is 1. The van der Waals surface area contributed by atoms with Gasteiger partial charge in [0.05, 0.1) is 25.1 Å². The molecule has 1 saturated carbocycles. The number of nitrogens with one attached hydrogen (secondary N) is 1. The van der Waals surface area contributed by atoms with Gasteiger partial charge in [-0.3, -0.25) is 14.4 Å². The minimum absolute atomic E-state index is 0.149. The first-order valence-electron chi connectivity index (χ1n) is 12.9. The highest BCUT2D eigenvalue weighted by Gasteiger charge is 2.40. The lowest BCUT2D eigenvalue weighted by molar-refractivity contribution is -0.116. The van der Waals surface area contributed by atoms with Crippen molar-refractivity contribution in [3.8, 4) is 0 Å². The van der Waals surface area contributed by atoms with Gasteiger partial charge < -0.3 is 19.5 Å². The molecule has 2 aliphatic heterocycles. The molecule has 3 aromatic heterocycles. The van der Waals surface area contributed by atoms with Crippen LogP contribution in [0.3, 0.4) is 0 Å². The topological polar surface area (TPSA) is 111 Å². The van der Waals surface area contributed by atoms with Crippen molar-refractivity contribution in [3.05, 3.63) is 58.0 Å². The number of aromatic nitrogens is 4. The predicted octanol–water partition coefficient (Wildman–Crippen LogP) is 2.43. The number of pyridine rings is 1. The summed E-state index contributed by atoms with van der Waals surface area (Å²) in [6, 6.07) is 5.69. The summed E-state index contributed by atoms with van der Waals surface area (Å²) in [6.45, 7) is 2.13. The Morgan fingerprint density at radius 2 is 1.84 bits per heavy atom. The molecule has 1 aliphatic carbocycles. The Kier molecular flexibility index (Phi) is 6.23. The lowest BCUT2D eigenvalue weighted by Crippen LogP contribution is -2.36. The van der Waals surface area contributed by atoms with Gasteiger partial charge in [0.15, 0.2) is 0 Å². The second-order valence-electron chi connectivity index (χ2n) is 10.3. The van der Waals surface area contributed by atoms with Crippen molar-refractivity contribution in [3.63, 3.8) is 0 Å². The molecule has 3 fully saturated rings. The third-order valence-electron chi connectivity index (χ3n) is 7.81. The summed E-state index contributed by atoms with van der Waals surface area (Å²) in [5.41, 5.74) is 0.959. The fourth-order valence-electron chi connectivity index (χ4n) is 5.85. The Hall–Kier alpha value is -3.60. The summed E-state index contributed by atoms with van der Waals surface area (Å²) in [6.07, 6.45) is 6.43. The van der Waals surface area contributed by atoms with E-state index in [1.165, 1.54) is 29.1 Å². The molecule has 5 heterocycles. The molecule has 0 spiro atoms. The van der Waals surface area contributed by atoms with Crippen LogP contribution >= 0.6 is 0 Å².